The summed E-state index contributed by atoms with van der Waals surface area (Å²) in [6.45, 7) is 4.79. The largest absolute Gasteiger partial charge is 0.378 e. The Morgan fingerprint density at radius 3 is 2.82 bits per heavy atom. The van der Waals surface area contributed by atoms with Crippen LogP contribution in [0, 0.1) is 18.2 Å². The first-order valence-electron chi connectivity index (χ1n) is 6.00. The number of halogens is 2. The van der Waals surface area contributed by atoms with Crippen molar-refractivity contribution in [2.45, 2.75) is 32.8 Å². The second kappa shape index (κ2) is 4.95. The van der Waals surface area contributed by atoms with Crippen LogP contribution in [0.25, 0.3) is 0 Å². The van der Waals surface area contributed by atoms with E-state index in [2.05, 4.69) is 6.92 Å². The van der Waals surface area contributed by atoms with Crippen molar-refractivity contribution < 1.29 is 9.13 Å². The molecule has 2 unspecified atom stereocenters. The maximum Gasteiger partial charge on any atom is 0.123 e. The molecule has 1 nitrogen and oxygen atoms in total. The van der Waals surface area contributed by atoms with Crippen molar-refractivity contribution in [1.82, 2.24) is 0 Å². The summed E-state index contributed by atoms with van der Waals surface area (Å²) in [6, 6.07) is 4.96. The van der Waals surface area contributed by atoms with Gasteiger partial charge >= 0.3 is 0 Å². The van der Waals surface area contributed by atoms with Gasteiger partial charge in [0.05, 0.1) is 6.10 Å². The third kappa shape index (κ3) is 2.48. The Kier molecular flexibility index (Phi) is 3.74. The Labute approximate surface area is 107 Å². The molecule has 0 bridgehead atoms. The van der Waals surface area contributed by atoms with Crippen LogP contribution < -0.4 is 0 Å². The number of alkyl halides is 1. The molecule has 0 spiro atoms. The molecule has 17 heavy (non-hydrogen) atoms. The second-order valence-corrected chi connectivity index (χ2v) is 5.27. The summed E-state index contributed by atoms with van der Waals surface area (Å²) in [4.78, 5) is 0. The van der Waals surface area contributed by atoms with Crippen molar-refractivity contribution >= 4 is 11.6 Å². The van der Waals surface area contributed by atoms with E-state index in [1.807, 2.05) is 13.0 Å². The highest BCUT2D eigenvalue weighted by atomic mass is 35.5. The number of benzene rings is 1. The lowest BCUT2D eigenvalue weighted by Gasteiger charge is -2.30. The normalized spacial score (nSPS) is 28.6. The summed E-state index contributed by atoms with van der Waals surface area (Å²) in [5, 5.41) is 0. The smallest absolute Gasteiger partial charge is 0.123 e. The minimum atomic E-state index is -0.179. The average Bonchev–Trinajstić information content (AvgIpc) is 2.65. The molecule has 1 heterocycles. The van der Waals surface area contributed by atoms with E-state index in [0.717, 1.165) is 25.0 Å². The highest BCUT2D eigenvalue weighted by molar-refractivity contribution is 6.18. The van der Waals surface area contributed by atoms with Crippen LogP contribution in [0.3, 0.4) is 0 Å². The number of ether oxygens (including phenoxy) is 1. The molecule has 0 saturated carbocycles. The number of hydrogen-bond donors (Lipinski definition) is 0. The fraction of sp³-hybridized carbons (Fsp3) is 0.571. The van der Waals surface area contributed by atoms with E-state index in [9.17, 15) is 4.39 Å². The molecule has 0 aromatic heterocycles. The summed E-state index contributed by atoms with van der Waals surface area (Å²) < 4.78 is 18.7. The van der Waals surface area contributed by atoms with Crippen molar-refractivity contribution in [1.29, 1.82) is 0 Å². The molecular weight excluding hydrogens is 239 g/mol. The first-order valence-corrected chi connectivity index (χ1v) is 6.53. The molecule has 2 rings (SSSR count). The van der Waals surface area contributed by atoms with Gasteiger partial charge in [0, 0.05) is 17.9 Å². The van der Waals surface area contributed by atoms with E-state index >= 15 is 0 Å². The zero-order valence-corrected chi connectivity index (χ0v) is 11.1. The molecule has 2 atom stereocenters. The van der Waals surface area contributed by atoms with Crippen molar-refractivity contribution in [3.63, 3.8) is 0 Å². The Morgan fingerprint density at radius 2 is 2.29 bits per heavy atom. The molecular formula is C14H18ClFO. The van der Waals surface area contributed by atoms with E-state index in [4.69, 9.17) is 16.3 Å². The highest BCUT2D eigenvalue weighted by Gasteiger charge is 2.41. The molecule has 1 saturated heterocycles. The quantitative estimate of drug-likeness (QED) is 0.749. The van der Waals surface area contributed by atoms with Crippen LogP contribution in [0.15, 0.2) is 18.2 Å². The van der Waals surface area contributed by atoms with E-state index in [0.29, 0.717) is 5.88 Å². The van der Waals surface area contributed by atoms with Crippen LogP contribution in [-0.2, 0) is 11.2 Å². The summed E-state index contributed by atoms with van der Waals surface area (Å²) in [7, 11) is 0. The molecule has 1 aliphatic heterocycles. The van der Waals surface area contributed by atoms with Gasteiger partial charge in [0.1, 0.15) is 5.82 Å². The number of aryl methyl sites for hydroxylation is 1. The zero-order valence-electron chi connectivity index (χ0n) is 10.3. The Hall–Kier alpha value is -0.600. The molecule has 0 aliphatic carbocycles. The van der Waals surface area contributed by atoms with E-state index < -0.39 is 0 Å². The van der Waals surface area contributed by atoms with Gasteiger partial charge in [-0.2, -0.15) is 0 Å². The SMILES string of the molecule is Cc1cc(F)ccc1CC1(CCl)CCOC1C. The monoisotopic (exact) mass is 256 g/mol. The van der Waals surface area contributed by atoms with E-state index in [1.54, 1.807) is 6.07 Å². The third-order valence-corrected chi connectivity index (χ3v) is 4.48. The minimum Gasteiger partial charge on any atom is -0.378 e. The maximum atomic E-state index is 13.1. The van der Waals surface area contributed by atoms with Gasteiger partial charge in [-0.05, 0) is 49.9 Å². The fourth-order valence-electron chi connectivity index (χ4n) is 2.51. The van der Waals surface area contributed by atoms with Gasteiger partial charge < -0.3 is 4.74 Å². The summed E-state index contributed by atoms with van der Waals surface area (Å²) in [5.41, 5.74) is 2.17. The highest BCUT2D eigenvalue weighted by Crippen LogP contribution is 2.39. The predicted molar refractivity (Wildman–Crippen MR) is 68.0 cm³/mol. The zero-order chi connectivity index (χ0) is 12.5. The van der Waals surface area contributed by atoms with Gasteiger partial charge in [0.2, 0.25) is 0 Å². The molecule has 1 aliphatic rings. The van der Waals surface area contributed by atoms with Gasteiger partial charge in [0.15, 0.2) is 0 Å². The molecule has 1 fully saturated rings. The Morgan fingerprint density at radius 1 is 1.53 bits per heavy atom. The van der Waals surface area contributed by atoms with Crippen LogP contribution >= 0.6 is 11.6 Å². The van der Waals surface area contributed by atoms with Crippen LogP contribution in [0.1, 0.15) is 24.5 Å². The second-order valence-electron chi connectivity index (χ2n) is 5.01. The number of hydrogen-bond acceptors (Lipinski definition) is 1. The minimum absolute atomic E-state index is 0.00411. The summed E-state index contributed by atoms with van der Waals surface area (Å²) >= 11 is 6.14. The number of rotatable bonds is 3. The summed E-state index contributed by atoms with van der Waals surface area (Å²) in [6.07, 6.45) is 2.02. The molecule has 0 radical (unpaired) electrons. The van der Waals surface area contributed by atoms with Crippen LogP contribution in [0.2, 0.25) is 0 Å². The lowest BCUT2D eigenvalue weighted by molar-refractivity contribution is 0.0735. The van der Waals surface area contributed by atoms with Crippen molar-refractivity contribution in [3.8, 4) is 0 Å². The van der Waals surface area contributed by atoms with Crippen LogP contribution in [0.5, 0.6) is 0 Å². The lowest BCUT2D eigenvalue weighted by Crippen LogP contribution is -2.33. The van der Waals surface area contributed by atoms with Gasteiger partial charge in [-0.25, -0.2) is 4.39 Å². The van der Waals surface area contributed by atoms with Gasteiger partial charge in [-0.15, -0.1) is 11.6 Å². The van der Waals surface area contributed by atoms with Crippen molar-refractivity contribution in [2.24, 2.45) is 5.41 Å². The molecule has 1 aromatic rings. The average molecular weight is 257 g/mol. The standard InChI is InChI=1S/C14H18ClFO/c1-10-7-13(16)4-3-12(10)8-14(9-15)5-6-17-11(14)2/h3-4,7,11H,5-6,8-9H2,1-2H3. The Balaban J connectivity index is 2.24. The summed E-state index contributed by atoms with van der Waals surface area (Å²) in [5.74, 6) is 0.409. The Bertz CT molecular complexity index is 407. The van der Waals surface area contributed by atoms with Crippen molar-refractivity contribution in [3.05, 3.63) is 35.1 Å². The third-order valence-electron chi connectivity index (χ3n) is 3.94. The molecule has 3 heteroatoms. The molecule has 0 amide bonds. The molecule has 94 valence electrons. The van der Waals surface area contributed by atoms with Gasteiger partial charge in [-0.3, -0.25) is 0 Å². The maximum absolute atomic E-state index is 13.1. The fourth-order valence-corrected chi connectivity index (χ4v) is 2.96. The molecule has 1 aromatic carbocycles. The van der Waals surface area contributed by atoms with Gasteiger partial charge in [0.25, 0.3) is 0 Å². The lowest BCUT2D eigenvalue weighted by atomic mass is 9.77. The van der Waals surface area contributed by atoms with Crippen molar-refractivity contribution in [2.75, 3.05) is 12.5 Å². The molecule has 0 N–H and O–H groups in total. The van der Waals surface area contributed by atoms with E-state index in [-0.39, 0.29) is 17.3 Å². The topological polar surface area (TPSA) is 9.23 Å². The van der Waals surface area contributed by atoms with Crippen LogP contribution in [-0.4, -0.2) is 18.6 Å². The first-order chi connectivity index (χ1) is 8.07. The predicted octanol–water partition coefficient (Wildman–Crippen LogP) is 3.71. The first kappa shape index (κ1) is 12.8. The van der Waals surface area contributed by atoms with E-state index in [1.165, 1.54) is 11.6 Å². The van der Waals surface area contributed by atoms with Gasteiger partial charge in [-0.1, -0.05) is 6.07 Å². The van der Waals surface area contributed by atoms with Crippen LogP contribution in [0.4, 0.5) is 4.39 Å².